The molecule has 1 N–H and O–H groups in total. The van der Waals surface area contributed by atoms with Crippen LogP contribution >= 0.6 is 22.9 Å². The lowest BCUT2D eigenvalue weighted by Gasteiger charge is -2.08. The molecule has 1 aromatic heterocycles. The largest absolute Gasteiger partial charge is 0.493 e. The predicted octanol–water partition coefficient (Wildman–Crippen LogP) is 5.04. The number of rotatable bonds is 5. The van der Waals surface area contributed by atoms with Crippen LogP contribution in [0.4, 0.5) is 5.13 Å². The molecule has 3 aromatic rings. The second-order valence-corrected chi connectivity index (χ2v) is 7.09. The fraction of sp³-hybridized carbons (Fsp3) is 0.158. The summed E-state index contributed by atoms with van der Waals surface area (Å²) in [5.41, 5.74) is 2.21. The molecule has 5 nitrogen and oxygen atoms in total. The molecule has 0 aliphatic rings. The molecule has 2 aromatic carbocycles. The molecular formula is C19H17ClN2O3S. The van der Waals surface area contributed by atoms with Crippen molar-refractivity contribution < 1.29 is 14.3 Å². The van der Waals surface area contributed by atoms with Crippen molar-refractivity contribution in [3.8, 4) is 22.8 Å². The van der Waals surface area contributed by atoms with Crippen molar-refractivity contribution in [3.63, 3.8) is 0 Å². The van der Waals surface area contributed by atoms with Gasteiger partial charge in [0.1, 0.15) is 0 Å². The van der Waals surface area contributed by atoms with Crippen LogP contribution in [0.3, 0.4) is 0 Å². The number of nitrogens with one attached hydrogen (secondary N) is 1. The van der Waals surface area contributed by atoms with Crippen molar-refractivity contribution in [1.29, 1.82) is 0 Å². The molecule has 0 spiro atoms. The Labute approximate surface area is 160 Å². The fourth-order valence-electron chi connectivity index (χ4n) is 2.47. The Balaban J connectivity index is 1.85. The highest BCUT2D eigenvalue weighted by Crippen LogP contribution is 2.36. The highest BCUT2D eigenvalue weighted by atomic mass is 35.5. The van der Waals surface area contributed by atoms with Gasteiger partial charge in [0, 0.05) is 21.0 Å². The lowest BCUT2D eigenvalue weighted by molar-refractivity contribution is 0.102. The number of hydrogen-bond acceptors (Lipinski definition) is 5. The number of benzene rings is 2. The summed E-state index contributed by atoms with van der Waals surface area (Å²) in [4.78, 5) is 17.9. The molecule has 0 saturated carbocycles. The second kappa shape index (κ2) is 7.76. The van der Waals surface area contributed by atoms with Gasteiger partial charge in [-0.15, -0.1) is 11.3 Å². The Morgan fingerprint density at radius 1 is 1.08 bits per heavy atom. The van der Waals surface area contributed by atoms with Crippen molar-refractivity contribution in [3.05, 3.63) is 57.9 Å². The molecule has 0 bridgehead atoms. The lowest BCUT2D eigenvalue weighted by Crippen LogP contribution is -2.11. The van der Waals surface area contributed by atoms with E-state index in [2.05, 4.69) is 10.3 Å². The van der Waals surface area contributed by atoms with Crippen LogP contribution in [0.15, 0.2) is 42.5 Å². The van der Waals surface area contributed by atoms with E-state index in [1.54, 1.807) is 38.5 Å². The molecule has 0 fully saturated rings. The van der Waals surface area contributed by atoms with E-state index in [0.717, 1.165) is 16.1 Å². The van der Waals surface area contributed by atoms with Gasteiger partial charge in [-0.1, -0.05) is 11.6 Å². The van der Waals surface area contributed by atoms with Gasteiger partial charge in [0.2, 0.25) is 0 Å². The Hall–Kier alpha value is -2.57. The van der Waals surface area contributed by atoms with E-state index in [1.807, 2.05) is 25.1 Å². The van der Waals surface area contributed by atoms with Crippen molar-refractivity contribution in [2.75, 3.05) is 19.5 Å². The molecular weight excluding hydrogens is 372 g/mol. The quantitative estimate of drug-likeness (QED) is 0.665. The van der Waals surface area contributed by atoms with E-state index in [4.69, 9.17) is 21.1 Å². The van der Waals surface area contributed by atoms with Gasteiger partial charge >= 0.3 is 0 Å². The maximum absolute atomic E-state index is 12.3. The van der Waals surface area contributed by atoms with Crippen LogP contribution in [0.5, 0.6) is 11.5 Å². The number of hydrogen-bond donors (Lipinski definition) is 1. The van der Waals surface area contributed by atoms with E-state index in [1.165, 1.54) is 11.3 Å². The summed E-state index contributed by atoms with van der Waals surface area (Å²) in [6.07, 6.45) is 0. The number of ether oxygens (including phenoxy) is 2. The summed E-state index contributed by atoms with van der Waals surface area (Å²) in [5, 5.41) is 3.95. The van der Waals surface area contributed by atoms with Crippen molar-refractivity contribution in [2.45, 2.75) is 6.92 Å². The summed E-state index contributed by atoms with van der Waals surface area (Å²) in [7, 11) is 3.18. The number of halogens is 1. The number of thiazole rings is 1. The van der Waals surface area contributed by atoms with Crippen LogP contribution in [0.2, 0.25) is 5.02 Å². The van der Waals surface area contributed by atoms with E-state index in [9.17, 15) is 4.79 Å². The van der Waals surface area contributed by atoms with Gasteiger partial charge in [-0.2, -0.15) is 0 Å². The van der Waals surface area contributed by atoms with Crippen LogP contribution in [0, 0.1) is 6.92 Å². The summed E-state index contributed by atoms with van der Waals surface area (Å²) < 4.78 is 10.6. The molecule has 0 unspecified atom stereocenters. The Morgan fingerprint density at radius 2 is 1.77 bits per heavy atom. The SMILES string of the molecule is COc1ccc(-c2nc(NC(=O)c3ccc(Cl)cc3)sc2C)cc1OC. The minimum absolute atomic E-state index is 0.228. The van der Waals surface area contributed by atoms with E-state index < -0.39 is 0 Å². The van der Waals surface area contributed by atoms with Gasteiger partial charge in [0.15, 0.2) is 16.6 Å². The minimum Gasteiger partial charge on any atom is -0.493 e. The topological polar surface area (TPSA) is 60.5 Å². The number of nitrogens with zero attached hydrogens (tertiary/aromatic N) is 1. The van der Waals surface area contributed by atoms with E-state index >= 15 is 0 Å². The third-order valence-electron chi connectivity index (χ3n) is 3.78. The van der Waals surface area contributed by atoms with Crippen LogP contribution in [0.1, 0.15) is 15.2 Å². The summed E-state index contributed by atoms with van der Waals surface area (Å²) in [6.45, 7) is 1.96. The van der Waals surface area contributed by atoms with Gasteiger partial charge in [0.05, 0.1) is 19.9 Å². The highest BCUT2D eigenvalue weighted by molar-refractivity contribution is 7.16. The van der Waals surface area contributed by atoms with Gasteiger partial charge in [-0.25, -0.2) is 4.98 Å². The zero-order chi connectivity index (χ0) is 18.7. The van der Waals surface area contributed by atoms with Gasteiger partial charge < -0.3 is 9.47 Å². The Kier molecular flexibility index (Phi) is 5.44. The monoisotopic (exact) mass is 388 g/mol. The third-order valence-corrected chi connectivity index (χ3v) is 4.92. The molecule has 7 heteroatoms. The number of amides is 1. The predicted molar refractivity (Wildman–Crippen MR) is 105 cm³/mol. The molecule has 134 valence electrons. The number of aromatic nitrogens is 1. The van der Waals surface area contributed by atoms with E-state index in [0.29, 0.717) is 27.2 Å². The number of carbonyl (C=O) groups excluding carboxylic acids is 1. The van der Waals surface area contributed by atoms with Crippen LogP contribution in [0.25, 0.3) is 11.3 Å². The molecule has 0 saturated heterocycles. The molecule has 3 rings (SSSR count). The number of methoxy groups -OCH3 is 2. The van der Waals surface area contributed by atoms with Crippen molar-refractivity contribution >= 4 is 34.0 Å². The zero-order valence-corrected chi connectivity index (χ0v) is 16.1. The van der Waals surface area contributed by atoms with Crippen LogP contribution in [-0.2, 0) is 0 Å². The number of aryl methyl sites for hydroxylation is 1. The summed E-state index contributed by atoms with van der Waals surface area (Å²) >= 11 is 7.27. The average molecular weight is 389 g/mol. The molecule has 0 radical (unpaired) electrons. The smallest absolute Gasteiger partial charge is 0.257 e. The van der Waals surface area contributed by atoms with Gasteiger partial charge in [-0.05, 0) is 49.4 Å². The fourth-order valence-corrected chi connectivity index (χ4v) is 3.43. The van der Waals surface area contributed by atoms with Gasteiger partial charge in [-0.3, -0.25) is 10.1 Å². The van der Waals surface area contributed by atoms with Gasteiger partial charge in [0.25, 0.3) is 5.91 Å². The number of anilines is 1. The maximum atomic E-state index is 12.3. The molecule has 0 atom stereocenters. The Bertz CT molecular complexity index is 938. The molecule has 1 heterocycles. The van der Waals surface area contributed by atoms with E-state index in [-0.39, 0.29) is 5.91 Å². The molecule has 0 aliphatic carbocycles. The first-order valence-electron chi connectivity index (χ1n) is 7.78. The molecule has 0 aliphatic heterocycles. The molecule has 26 heavy (non-hydrogen) atoms. The molecule has 1 amide bonds. The minimum atomic E-state index is -0.228. The van der Waals surface area contributed by atoms with Crippen molar-refractivity contribution in [2.24, 2.45) is 0 Å². The zero-order valence-electron chi connectivity index (χ0n) is 14.5. The van der Waals surface area contributed by atoms with Crippen molar-refractivity contribution in [1.82, 2.24) is 4.98 Å². The summed E-state index contributed by atoms with van der Waals surface area (Å²) in [6, 6.07) is 12.3. The first-order valence-corrected chi connectivity index (χ1v) is 8.98. The van der Waals surface area contributed by atoms with Crippen LogP contribution < -0.4 is 14.8 Å². The van der Waals surface area contributed by atoms with Crippen LogP contribution in [-0.4, -0.2) is 25.1 Å². The first kappa shape index (κ1) is 18.2. The lowest BCUT2D eigenvalue weighted by atomic mass is 10.1. The summed E-state index contributed by atoms with van der Waals surface area (Å²) in [5.74, 6) is 1.05. The second-order valence-electron chi connectivity index (χ2n) is 5.45. The normalized spacial score (nSPS) is 10.5. The first-order chi connectivity index (χ1) is 12.5. The Morgan fingerprint density at radius 3 is 2.42 bits per heavy atom. The highest BCUT2D eigenvalue weighted by Gasteiger charge is 2.15. The number of carbonyl (C=O) groups is 1. The standard InChI is InChI=1S/C19H17ClN2O3S/c1-11-17(13-6-9-15(24-2)16(10-13)25-3)21-19(26-11)22-18(23)12-4-7-14(20)8-5-12/h4-10H,1-3H3,(H,21,22,23). The third kappa shape index (κ3) is 3.81. The average Bonchev–Trinajstić information content (AvgIpc) is 3.01. The maximum Gasteiger partial charge on any atom is 0.257 e.